The maximum absolute atomic E-state index is 8.62. The largest absolute Gasteiger partial charge is 0.494 e. The average Bonchev–Trinajstić information content (AvgIpc) is 2.40. The molecule has 1 rings (SSSR count). The molecule has 0 aliphatic rings. The second-order valence-electron chi connectivity index (χ2n) is 4.21. The number of unbranched alkanes of at least 4 members (excludes halogenated alkanes) is 3. The van der Waals surface area contributed by atoms with E-state index in [-0.39, 0.29) is 6.61 Å². The quantitative estimate of drug-likeness (QED) is 0.590. The van der Waals surface area contributed by atoms with Crippen LogP contribution in [0.25, 0.3) is 0 Å². The normalized spacial score (nSPS) is 9.67. The van der Waals surface area contributed by atoms with Gasteiger partial charge in [0.15, 0.2) is 0 Å². The SMILES string of the molecule is CCCCCCOc1ccc(C#CCCO)cc1. The summed E-state index contributed by atoms with van der Waals surface area (Å²) in [7, 11) is 0. The summed E-state index contributed by atoms with van der Waals surface area (Å²) in [5.74, 6) is 6.79. The summed E-state index contributed by atoms with van der Waals surface area (Å²) in [6.45, 7) is 3.11. The highest BCUT2D eigenvalue weighted by Crippen LogP contribution is 2.12. The minimum Gasteiger partial charge on any atom is -0.494 e. The van der Waals surface area contributed by atoms with Crippen LogP contribution in [0.4, 0.5) is 0 Å². The fourth-order valence-corrected chi connectivity index (χ4v) is 1.57. The number of rotatable bonds is 7. The minimum absolute atomic E-state index is 0.117. The molecule has 2 heteroatoms. The van der Waals surface area contributed by atoms with Gasteiger partial charge in [-0.3, -0.25) is 0 Å². The van der Waals surface area contributed by atoms with Crippen molar-refractivity contribution in [2.75, 3.05) is 13.2 Å². The van der Waals surface area contributed by atoms with Crippen LogP contribution < -0.4 is 4.74 Å². The second-order valence-corrected chi connectivity index (χ2v) is 4.21. The molecule has 18 heavy (non-hydrogen) atoms. The van der Waals surface area contributed by atoms with E-state index in [9.17, 15) is 0 Å². The Hall–Kier alpha value is -1.46. The molecule has 2 nitrogen and oxygen atoms in total. The lowest BCUT2D eigenvalue weighted by molar-refractivity contribution is 0.304. The van der Waals surface area contributed by atoms with Gasteiger partial charge in [0.05, 0.1) is 13.2 Å². The molecule has 0 bridgehead atoms. The van der Waals surface area contributed by atoms with Gasteiger partial charge in [-0.1, -0.05) is 38.0 Å². The molecule has 1 aromatic rings. The molecule has 0 atom stereocenters. The number of ether oxygens (including phenoxy) is 1. The summed E-state index contributed by atoms with van der Waals surface area (Å²) in [5.41, 5.74) is 0.960. The van der Waals surface area contributed by atoms with Crippen molar-refractivity contribution in [3.8, 4) is 17.6 Å². The molecular weight excluding hydrogens is 224 g/mol. The van der Waals surface area contributed by atoms with E-state index in [0.29, 0.717) is 6.42 Å². The van der Waals surface area contributed by atoms with Crippen LogP contribution in [0.5, 0.6) is 5.75 Å². The zero-order chi connectivity index (χ0) is 13.1. The zero-order valence-corrected chi connectivity index (χ0v) is 11.1. The lowest BCUT2D eigenvalue weighted by Gasteiger charge is -2.05. The number of hydrogen-bond donors (Lipinski definition) is 1. The van der Waals surface area contributed by atoms with Gasteiger partial charge in [0.2, 0.25) is 0 Å². The Bertz CT molecular complexity index is 370. The Kier molecular flexibility index (Phi) is 7.75. The summed E-state index contributed by atoms with van der Waals surface area (Å²) in [4.78, 5) is 0. The molecule has 1 N–H and O–H groups in total. The van der Waals surface area contributed by atoms with Crippen molar-refractivity contribution in [1.29, 1.82) is 0 Å². The van der Waals surface area contributed by atoms with Crippen molar-refractivity contribution in [1.82, 2.24) is 0 Å². The molecular formula is C16H22O2. The van der Waals surface area contributed by atoms with Crippen LogP contribution in [0, 0.1) is 11.8 Å². The maximum Gasteiger partial charge on any atom is 0.119 e. The van der Waals surface area contributed by atoms with Crippen molar-refractivity contribution in [3.63, 3.8) is 0 Å². The molecule has 0 unspecified atom stereocenters. The Labute approximate surface area is 110 Å². The fraction of sp³-hybridized carbons (Fsp3) is 0.500. The predicted molar refractivity (Wildman–Crippen MR) is 74.7 cm³/mol. The average molecular weight is 246 g/mol. The van der Waals surface area contributed by atoms with Gasteiger partial charge >= 0.3 is 0 Å². The van der Waals surface area contributed by atoms with Crippen molar-refractivity contribution < 1.29 is 9.84 Å². The topological polar surface area (TPSA) is 29.5 Å². The van der Waals surface area contributed by atoms with Crippen molar-refractivity contribution >= 4 is 0 Å². The van der Waals surface area contributed by atoms with Crippen LogP contribution >= 0.6 is 0 Å². The number of aliphatic hydroxyl groups excluding tert-OH is 1. The van der Waals surface area contributed by atoms with Crippen molar-refractivity contribution in [2.45, 2.75) is 39.0 Å². The van der Waals surface area contributed by atoms with Crippen molar-refractivity contribution in [3.05, 3.63) is 29.8 Å². The molecule has 0 heterocycles. The van der Waals surface area contributed by atoms with Crippen LogP contribution in [0.3, 0.4) is 0 Å². The van der Waals surface area contributed by atoms with Gasteiger partial charge in [0.25, 0.3) is 0 Å². The Morgan fingerprint density at radius 1 is 1.11 bits per heavy atom. The summed E-state index contributed by atoms with van der Waals surface area (Å²) in [6, 6.07) is 7.79. The molecule has 0 saturated carbocycles. The first-order valence-corrected chi connectivity index (χ1v) is 6.69. The first-order chi connectivity index (χ1) is 8.86. The van der Waals surface area contributed by atoms with Gasteiger partial charge in [-0.05, 0) is 30.7 Å². The molecule has 98 valence electrons. The maximum atomic E-state index is 8.62. The highest BCUT2D eigenvalue weighted by molar-refractivity contribution is 5.38. The van der Waals surface area contributed by atoms with Gasteiger partial charge in [-0.2, -0.15) is 0 Å². The molecule has 0 radical (unpaired) electrons. The molecule has 0 aliphatic heterocycles. The van der Waals surface area contributed by atoms with Crippen LogP contribution in [-0.2, 0) is 0 Å². The Morgan fingerprint density at radius 3 is 2.56 bits per heavy atom. The monoisotopic (exact) mass is 246 g/mol. The van der Waals surface area contributed by atoms with E-state index in [2.05, 4.69) is 18.8 Å². The molecule has 1 aromatic carbocycles. The van der Waals surface area contributed by atoms with Gasteiger partial charge in [0, 0.05) is 12.0 Å². The lowest BCUT2D eigenvalue weighted by atomic mass is 10.2. The third-order valence-electron chi connectivity index (χ3n) is 2.59. The minimum atomic E-state index is 0.117. The first kappa shape index (κ1) is 14.6. The van der Waals surface area contributed by atoms with E-state index in [1.807, 2.05) is 24.3 Å². The second kappa shape index (κ2) is 9.56. The molecule has 0 aliphatic carbocycles. The fourth-order valence-electron chi connectivity index (χ4n) is 1.57. The number of benzene rings is 1. The van der Waals surface area contributed by atoms with E-state index in [1.165, 1.54) is 19.3 Å². The standard InChI is InChI=1S/C16H22O2/c1-2-3-4-7-14-18-16-11-9-15(10-12-16)8-5-6-13-17/h9-12,17H,2-4,6-7,13-14H2,1H3. The van der Waals surface area contributed by atoms with Gasteiger partial charge in [0.1, 0.15) is 5.75 Å². The number of hydrogen-bond acceptors (Lipinski definition) is 2. The summed E-state index contributed by atoms with van der Waals surface area (Å²) in [6.07, 6.45) is 5.41. The van der Waals surface area contributed by atoms with Gasteiger partial charge < -0.3 is 9.84 Å². The van der Waals surface area contributed by atoms with Crippen LogP contribution in [0.15, 0.2) is 24.3 Å². The molecule has 0 spiro atoms. The van der Waals surface area contributed by atoms with Crippen LogP contribution in [0.1, 0.15) is 44.6 Å². The molecule has 0 fully saturated rings. The third-order valence-corrected chi connectivity index (χ3v) is 2.59. The van der Waals surface area contributed by atoms with Gasteiger partial charge in [-0.15, -0.1) is 0 Å². The van der Waals surface area contributed by atoms with E-state index >= 15 is 0 Å². The van der Waals surface area contributed by atoms with Gasteiger partial charge in [-0.25, -0.2) is 0 Å². The Morgan fingerprint density at radius 2 is 1.89 bits per heavy atom. The van der Waals surface area contributed by atoms with Crippen LogP contribution in [0.2, 0.25) is 0 Å². The molecule has 0 saturated heterocycles. The predicted octanol–water partition coefficient (Wildman–Crippen LogP) is 3.38. The molecule has 0 amide bonds. The van der Waals surface area contributed by atoms with Crippen LogP contribution in [-0.4, -0.2) is 18.3 Å². The first-order valence-electron chi connectivity index (χ1n) is 6.69. The zero-order valence-electron chi connectivity index (χ0n) is 11.1. The lowest BCUT2D eigenvalue weighted by Crippen LogP contribution is -1.96. The van der Waals surface area contributed by atoms with E-state index in [0.717, 1.165) is 24.3 Å². The van der Waals surface area contributed by atoms with E-state index < -0.39 is 0 Å². The smallest absolute Gasteiger partial charge is 0.119 e. The Balaban J connectivity index is 2.30. The highest BCUT2D eigenvalue weighted by Gasteiger charge is 1.94. The number of aliphatic hydroxyl groups is 1. The highest BCUT2D eigenvalue weighted by atomic mass is 16.5. The summed E-state index contributed by atoms with van der Waals surface area (Å²) >= 11 is 0. The molecule has 0 aromatic heterocycles. The summed E-state index contributed by atoms with van der Waals surface area (Å²) < 4.78 is 5.65. The van der Waals surface area contributed by atoms with E-state index in [4.69, 9.17) is 9.84 Å². The van der Waals surface area contributed by atoms with Crippen molar-refractivity contribution in [2.24, 2.45) is 0 Å². The van der Waals surface area contributed by atoms with E-state index in [1.54, 1.807) is 0 Å². The third kappa shape index (κ3) is 6.32. The summed E-state index contributed by atoms with van der Waals surface area (Å²) in [5, 5.41) is 8.62.